The maximum atomic E-state index is 13.8. The molecule has 1 amide bonds. The highest BCUT2D eigenvalue weighted by Gasteiger charge is 2.44. The summed E-state index contributed by atoms with van der Waals surface area (Å²) in [6, 6.07) is 4.35. The SMILES string of the molecule is CC1CC=c2c(c(C(C)(C)CC(=O)N3CCCC4C(C(=O)O)CCCC43)nn2C)=C1c1cccs1. The minimum atomic E-state index is -0.698. The summed E-state index contributed by atoms with van der Waals surface area (Å²) >= 11 is 1.77. The highest BCUT2D eigenvalue weighted by Crippen LogP contribution is 2.40. The number of likely N-dealkylation sites (tertiary alicyclic amines) is 1. The van der Waals surface area contributed by atoms with Crippen molar-refractivity contribution in [2.45, 2.75) is 77.2 Å². The minimum absolute atomic E-state index is 0.0566. The van der Waals surface area contributed by atoms with Gasteiger partial charge in [-0.3, -0.25) is 14.3 Å². The average Bonchev–Trinajstić information content (AvgIpc) is 3.46. The Balaban J connectivity index is 1.49. The monoisotopic (exact) mass is 495 g/mol. The number of amides is 1. The molecule has 1 saturated carbocycles. The maximum Gasteiger partial charge on any atom is 0.306 e. The first-order valence-corrected chi connectivity index (χ1v) is 13.9. The smallest absolute Gasteiger partial charge is 0.306 e. The Morgan fingerprint density at radius 2 is 2.03 bits per heavy atom. The molecule has 4 atom stereocenters. The van der Waals surface area contributed by atoms with Crippen LogP contribution in [0, 0.1) is 17.8 Å². The van der Waals surface area contributed by atoms with E-state index in [-0.39, 0.29) is 23.8 Å². The number of rotatable bonds is 5. The van der Waals surface area contributed by atoms with E-state index in [1.54, 1.807) is 11.3 Å². The third-order valence-electron chi connectivity index (χ3n) is 8.54. The first-order chi connectivity index (χ1) is 16.7. The van der Waals surface area contributed by atoms with E-state index in [1.165, 1.54) is 15.7 Å². The van der Waals surface area contributed by atoms with Crippen LogP contribution >= 0.6 is 11.3 Å². The van der Waals surface area contributed by atoms with E-state index in [0.29, 0.717) is 12.3 Å². The van der Waals surface area contributed by atoms with Crippen LogP contribution in [0.3, 0.4) is 0 Å². The Labute approximate surface area is 211 Å². The van der Waals surface area contributed by atoms with Crippen molar-refractivity contribution >= 4 is 34.9 Å². The van der Waals surface area contributed by atoms with Crippen LogP contribution in [0.1, 0.15) is 76.3 Å². The summed E-state index contributed by atoms with van der Waals surface area (Å²) in [5, 5.41) is 19.2. The highest BCUT2D eigenvalue weighted by molar-refractivity contribution is 7.11. The molecule has 6 nitrogen and oxygen atoms in total. The topological polar surface area (TPSA) is 75.4 Å². The van der Waals surface area contributed by atoms with E-state index in [1.807, 2.05) is 16.6 Å². The van der Waals surface area contributed by atoms with E-state index in [9.17, 15) is 14.7 Å². The molecule has 188 valence electrons. The second kappa shape index (κ2) is 9.23. The van der Waals surface area contributed by atoms with Gasteiger partial charge in [0.05, 0.1) is 17.0 Å². The number of carbonyl (C=O) groups is 2. The molecular weight excluding hydrogens is 458 g/mol. The summed E-state index contributed by atoms with van der Waals surface area (Å²) in [6.45, 7) is 7.29. The molecule has 0 spiro atoms. The van der Waals surface area contributed by atoms with Gasteiger partial charge in [-0.15, -0.1) is 11.3 Å². The summed E-state index contributed by atoms with van der Waals surface area (Å²) < 4.78 is 1.98. The van der Waals surface area contributed by atoms with Gasteiger partial charge in [-0.05, 0) is 61.0 Å². The lowest BCUT2D eigenvalue weighted by Gasteiger charge is -2.47. The van der Waals surface area contributed by atoms with E-state index in [4.69, 9.17) is 5.10 Å². The molecule has 1 N–H and O–H groups in total. The number of carboxylic acids is 1. The summed E-state index contributed by atoms with van der Waals surface area (Å²) in [5.41, 5.74) is 1.90. The first kappa shape index (κ1) is 24.3. The third-order valence-corrected chi connectivity index (χ3v) is 9.44. The summed E-state index contributed by atoms with van der Waals surface area (Å²) in [6.07, 6.45) is 7.99. The average molecular weight is 496 g/mol. The third kappa shape index (κ3) is 4.26. The van der Waals surface area contributed by atoms with Crippen LogP contribution in [0.2, 0.25) is 0 Å². The lowest BCUT2D eigenvalue weighted by atomic mass is 9.71. The number of hydrogen-bond donors (Lipinski definition) is 1. The maximum absolute atomic E-state index is 13.8. The molecule has 0 bridgehead atoms. The van der Waals surface area contributed by atoms with Gasteiger partial charge < -0.3 is 10.0 Å². The number of aromatic nitrogens is 2. The molecule has 4 unspecified atom stereocenters. The zero-order valence-electron chi connectivity index (χ0n) is 21.3. The fourth-order valence-electron chi connectivity index (χ4n) is 6.83. The van der Waals surface area contributed by atoms with Gasteiger partial charge in [-0.2, -0.15) is 5.10 Å². The normalized spacial score (nSPS) is 26.6. The number of aliphatic carboxylic acids is 1. The van der Waals surface area contributed by atoms with Crippen molar-refractivity contribution in [3.8, 4) is 0 Å². The zero-order valence-corrected chi connectivity index (χ0v) is 22.1. The second-order valence-electron chi connectivity index (χ2n) is 11.4. The molecular formula is C28H37N3O3S. The van der Waals surface area contributed by atoms with Gasteiger partial charge in [0.1, 0.15) is 0 Å². The van der Waals surface area contributed by atoms with Gasteiger partial charge in [0.25, 0.3) is 0 Å². The van der Waals surface area contributed by atoms with Gasteiger partial charge in [-0.1, -0.05) is 39.3 Å². The first-order valence-electron chi connectivity index (χ1n) is 13.0. The summed E-state index contributed by atoms with van der Waals surface area (Å²) in [7, 11) is 2.00. The van der Waals surface area contributed by atoms with Crippen LogP contribution in [0.4, 0.5) is 0 Å². The molecule has 2 aromatic rings. The number of fused-ring (bicyclic) bond motifs is 2. The number of hydrogen-bond acceptors (Lipinski definition) is 4. The molecule has 7 heteroatoms. The Kier molecular flexibility index (Phi) is 6.41. The number of nitrogens with zero attached hydrogens (tertiary/aromatic N) is 3. The van der Waals surface area contributed by atoms with Crippen LogP contribution in [0.15, 0.2) is 17.5 Å². The van der Waals surface area contributed by atoms with Crippen molar-refractivity contribution in [3.63, 3.8) is 0 Å². The molecule has 2 aliphatic carbocycles. The van der Waals surface area contributed by atoms with Crippen LogP contribution in [0.5, 0.6) is 0 Å². The largest absolute Gasteiger partial charge is 0.481 e. The number of thiophene rings is 1. The van der Waals surface area contributed by atoms with Crippen LogP contribution in [0.25, 0.3) is 11.6 Å². The van der Waals surface area contributed by atoms with Crippen molar-refractivity contribution in [2.24, 2.45) is 24.8 Å². The van der Waals surface area contributed by atoms with Gasteiger partial charge in [0.2, 0.25) is 5.91 Å². The number of carbonyl (C=O) groups excluding carboxylic acids is 1. The molecule has 2 aromatic heterocycles. The van der Waals surface area contributed by atoms with E-state index in [2.05, 4.69) is 44.4 Å². The van der Waals surface area contributed by atoms with Crippen LogP contribution in [-0.2, 0) is 22.1 Å². The van der Waals surface area contributed by atoms with Crippen molar-refractivity contribution < 1.29 is 14.7 Å². The molecule has 5 rings (SSSR count). The molecule has 3 heterocycles. The molecule has 2 fully saturated rings. The van der Waals surface area contributed by atoms with E-state index in [0.717, 1.165) is 56.1 Å². The number of aryl methyl sites for hydroxylation is 1. The molecule has 35 heavy (non-hydrogen) atoms. The van der Waals surface area contributed by atoms with Gasteiger partial charge in [0.15, 0.2) is 0 Å². The number of carboxylic acid groups (broad SMARTS) is 1. The predicted molar refractivity (Wildman–Crippen MR) is 138 cm³/mol. The molecule has 1 aliphatic heterocycles. The highest BCUT2D eigenvalue weighted by atomic mass is 32.1. The van der Waals surface area contributed by atoms with Crippen molar-refractivity contribution in [1.82, 2.24) is 14.7 Å². The van der Waals surface area contributed by atoms with E-state index >= 15 is 0 Å². The van der Waals surface area contributed by atoms with E-state index < -0.39 is 11.4 Å². The lowest BCUT2D eigenvalue weighted by molar-refractivity contribution is -0.152. The van der Waals surface area contributed by atoms with Crippen molar-refractivity contribution in [1.29, 1.82) is 0 Å². The molecule has 0 aromatic carbocycles. The summed E-state index contributed by atoms with van der Waals surface area (Å²) in [5.74, 6) is -0.398. The summed E-state index contributed by atoms with van der Waals surface area (Å²) in [4.78, 5) is 29.0. The molecule has 0 radical (unpaired) electrons. The van der Waals surface area contributed by atoms with Crippen molar-refractivity contribution in [2.75, 3.05) is 6.54 Å². The molecule has 3 aliphatic rings. The van der Waals surface area contributed by atoms with Gasteiger partial charge >= 0.3 is 5.97 Å². The van der Waals surface area contributed by atoms with Gasteiger partial charge in [0, 0.05) is 41.6 Å². The van der Waals surface area contributed by atoms with Gasteiger partial charge in [-0.25, -0.2) is 0 Å². The predicted octanol–water partition coefficient (Wildman–Crippen LogP) is 3.66. The lowest BCUT2D eigenvalue weighted by Crippen LogP contribution is -2.54. The van der Waals surface area contributed by atoms with Crippen LogP contribution < -0.4 is 10.6 Å². The zero-order chi connectivity index (χ0) is 24.9. The minimum Gasteiger partial charge on any atom is -0.481 e. The second-order valence-corrected chi connectivity index (χ2v) is 12.3. The Morgan fingerprint density at radius 3 is 2.74 bits per heavy atom. The quantitative estimate of drug-likeness (QED) is 0.687. The van der Waals surface area contributed by atoms with Crippen molar-refractivity contribution in [3.05, 3.63) is 38.7 Å². The number of piperidine rings is 1. The Morgan fingerprint density at radius 1 is 1.23 bits per heavy atom. The Bertz CT molecular complexity index is 1240. The molecule has 1 saturated heterocycles. The fourth-order valence-corrected chi connectivity index (χ4v) is 7.72. The Hall–Kier alpha value is -2.41. The van der Waals surface area contributed by atoms with Crippen LogP contribution in [-0.4, -0.2) is 44.3 Å². The standard InChI is InChI=1S/C28H37N3O3S/c1-17-12-13-21-25(24(17)22-11-7-15-35-22)26(29-30(21)4)28(2,3)16-23(32)31-14-6-9-18-19(27(33)34)8-5-10-20(18)31/h7,11,13,15,17-20H,5-6,8-10,12,14,16H2,1-4H3,(H,33,34). The fraction of sp³-hybridized carbons (Fsp3) is 0.607.